The van der Waals surface area contributed by atoms with Gasteiger partial charge in [-0.2, -0.15) is 0 Å². The molecule has 0 fully saturated rings. The van der Waals surface area contributed by atoms with Crippen LogP contribution in [0.2, 0.25) is 0 Å². The van der Waals surface area contributed by atoms with Crippen LogP contribution in [-0.4, -0.2) is 37.2 Å². The van der Waals surface area contributed by atoms with Crippen molar-refractivity contribution in [2.75, 3.05) is 13.2 Å². The highest BCUT2D eigenvalue weighted by molar-refractivity contribution is 5.71. The van der Waals surface area contributed by atoms with Crippen molar-refractivity contribution in [3.8, 4) is 0 Å². The number of ether oxygens (including phenoxy) is 3. The third kappa shape index (κ3) is 47.0. The number of carbonyl (C=O) groups excluding carboxylic acids is 3. The lowest BCUT2D eigenvalue weighted by atomic mass is 10.1. The molecule has 6 nitrogen and oxygen atoms in total. The summed E-state index contributed by atoms with van der Waals surface area (Å²) in [6.45, 7) is 6.30. The average molecular weight is 845 g/mol. The third-order valence-corrected chi connectivity index (χ3v) is 9.74. The highest BCUT2D eigenvalue weighted by Gasteiger charge is 2.19. The van der Waals surface area contributed by atoms with E-state index in [-0.39, 0.29) is 31.1 Å². The molecule has 61 heavy (non-hydrogen) atoms. The Kier molecular flexibility index (Phi) is 45.6. The quantitative estimate of drug-likeness (QED) is 0.0264. The van der Waals surface area contributed by atoms with Gasteiger partial charge in [0.05, 0.1) is 0 Å². The predicted molar refractivity (Wildman–Crippen MR) is 260 cm³/mol. The van der Waals surface area contributed by atoms with Crippen LogP contribution in [0.15, 0.2) is 109 Å². The first-order chi connectivity index (χ1) is 30.0. The maximum absolute atomic E-state index is 12.7. The molecule has 0 saturated heterocycles. The molecule has 0 rings (SSSR count). The number of carbonyl (C=O) groups is 3. The van der Waals surface area contributed by atoms with Gasteiger partial charge in [-0.1, -0.05) is 188 Å². The van der Waals surface area contributed by atoms with Gasteiger partial charge in [-0.15, -0.1) is 0 Å². The van der Waals surface area contributed by atoms with Crippen molar-refractivity contribution in [1.29, 1.82) is 0 Å². The van der Waals surface area contributed by atoms with E-state index in [2.05, 4.69) is 130 Å². The molecule has 0 spiro atoms. The first-order valence-electron chi connectivity index (χ1n) is 24.4. The van der Waals surface area contributed by atoms with Crippen molar-refractivity contribution in [1.82, 2.24) is 0 Å². The summed E-state index contributed by atoms with van der Waals surface area (Å²) in [5.41, 5.74) is 0. The smallest absolute Gasteiger partial charge is 0.306 e. The van der Waals surface area contributed by atoms with Crippen LogP contribution in [0.25, 0.3) is 0 Å². The van der Waals surface area contributed by atoms with Crippen molar-refractivity contribution < 1.29 is 28.6 Å². The number of esters is 3. The molecule has 0 N–H and O–H groups in total. The van der Waals surface area contributed by atoms with Crippen molar-refractivity contribution in [3.05, 3.63) is 109 Å². The molecule has 0 aromatic carbocycles. The van der Waals surface area contributed by atoms with E-state index in [1.54, 1.807) is 0 Å². The van der Waals surface area contributed by atoms with E-state index < -0.39 is 6.10 Å². The Labute approximate surface area is 374 Å². The summed E-state index contributed by atoms with van der Waals surface area (Å²) in [5.74, 6) is -0.970. The molecule has 0 aliphatic rings. The monoisotopic (exact) mass is 845 g/mol. The van der Waals surface area contributed by atoms with Gasteiger partial charge in [0.15, 0.2) is 6.10 Å². The van der Waals surface area contributed by atoms with Crippen LogP contribution < -0.4 is 0 Å². The standard InChI is InChI=1S/C55H88O6/c1-4-7-10-13-15-17-19-21-22-23-24-25-26-27-28-29-30-31-32-34-35-37-39-42-45-48-54(57)60-51-52(50-59-53(56)47-44-41-12-9-6-3)61-55(58)49-46-43-40-38-36-33-20-18-16-14-11-8-5-2/h7,10-11,14-15,17-18,20-22,24-25,27-28,30-31,34-35,52H,4-6,8-9,12-13,16,19,23,26,29,32-33,36-51H2,1-3H3/b10-7-,14-11-,17-15-,20-18-,22-21-,25-24-,28-27-,31-30-,35-34-. The van der Waals surface area contributed by atoms with E-state index in [1.807, 2.05) is 0 Å². The van der Waals surface area contributed by atoms with Crippen LogP contribution in [0.1, 0.15) is 201 Å². The van der Waals surface area contributed by atoms with Crippen LogP contribution in [0.4, 0.5) is 0 Å². The van der Waals surface area contributed by atoms with E-state index in [1.165, 1.54) is 6.42 Å². The fourth-order valence-electron chi connectivity index (χ4n) is 6.10. The molecule has 0 amide bonds. The number of rotatable bonds is 42. The van der Waals surface area contributed by atoms with Crippen LogP contribution in [0.5, 0.6) is 0 Å². The molecule has 0 aliphatic heterocycles. The van der Waals surface area contributed by atoms with Gasteiger partial charge in [0, 0.05) is 19.3 Å². The van der Waals surface area contributed by atoms with Crippen molar-refractivity contribution in [3.63, 3.8) is 0 Å². The van der Waals surface area contributed by atoms with Crippen LogP contribution in [0, 0.1) is 0 Å². The summed E-state index contributed by atoms with van der Waals surface area (Å²) in [5, 5.41) is 0. The summed E-state index contributed by atoms with van der Waals surface area (Å²) < 4.78 is 16.6. The molecule has 0 aromatic heterocycles. The Morgan fingerprint density at radius 1 is 0.344 bits per heavy atom. The fourth-order valence-corrected chi connectivity index (χ4v) is 6.10. The lowest BCUT2D eigenvalue weighted by Gasteiger charge is -2.18. The predicted octanol–water partition coefficient (Wildman–Crippen LogP) is 16.0. The minimum absolute atomic E-state index is 0.0976. The Hall–Kier alpha value is -3.93. The molecule has 0 saturated carbocycles. The zero-order valence-corrected chi connectivity index (χ0v) is 39.1. The average Bonchev–Trinajstić information content (AvgIpc) is 3.26. The van der Waals surface area contributed by atoms with Gasteiger partial charge >= 0.3 is 17.9 Å². The maximum Gasteiger partial charge on any atom is 0.306 e. The minimum atomic E-state index is -0.796. The molecule has 1 atom stereocenters. The second kappa shape index (κ2) is 48.7. The first kappa shape index (κ1) is 57.1. The lowest BCUT2D eigenvalue weighted by molar-refractivity contribution is -0.167. The van der Waals surface area contributed by atoms with Gasteiger partial charge in [-0.3, -0.25) is 14.4 Å². The first-order valence-corrected chi connectivity index (χ1v) is 24.4. The summed E-state index contributed by atoms with van der Waals surface area (Å²) in [7, 11) is 0. The van der Waals surface area contributed by atoms with Gasteiger partial charge in [-0.05, 0) is 103 Å². The topological polar surface area (TPSA) is 78.9 Å². The molecule has 6 heteroatoms. The summed E-state index contributed by atoms with van der Waals surface area (Å²) in [4.78, 5) is 37.5. The van der Waals surface area contributed by atoms with Gasteiger partial charge in [0.25, 0.3) is 0 Å². The van der Waals surface area contributed by atoms with Gasteiger partial charge in [0.1, 0.15) is 13.2 Å². The van der Waals surface area contributed by atoms with E-state index >= 15 is 0 Å². The molecule has 0 aromatic rings. The molecular formula is C55H88O6. The second-order valence-electron chi connectivity index (χ2n) is 15.6. The van der Waals surface area contributed by atoms with E-state index in [0.29, 0.717) is 19.3 Å². The molecule has 0 heterocycles. The van der Waals surface area contributed by atoms with Crippen LogP contribution >= 0.6 is 0 Å². The summed E-state index contributed by atoms with van der Waals surface area (Å²) in [6.07, 6.45) is 65.4. The molecule has 344 valence electrons. The van der Waals surface area contributed by atoms with Crippen LogP contribution in [-0.2, 0) is 28.6 Å². The summed E-state index contributed by atoms with van der Waals surface area (Å²) >= 11 is 0. The molecule has 0 aliphatic carbocycles. The highest BCUT2D eigenvalue weighted by atomic mass is 16.6. The number of hydrogen-bond donors (Lipinski definition) is 0. The Morgan fingerprint density at radius 2 is 0.672 bits per heavy atom. The number of allylic oxidation sites excluding steroid dienone is 18. The zero-order chi connectivity index (χ0) is 44.4. The molecule has 1 unspecified atom stereocenters. The number of unbranched alkanes of at least 4 members (excludes halogenated alkanes) is 13. The van der Waals surface area contributed by atoms with Crippen molar-refractivity contribution in [2.45, 2.75) is 207 Å². The molecule has 0 bridgehead atoms. The molecule has 0 radical (unpaired) electrons. The normalized spacial score (nSPS) is 13.0. The SMILES string of the molecule is CC/C=C\C/C=C\C/C=C\C/C=C\C/C=C\C/C=C\C/C=C\CCCCCC(=O)OCC(COC(=O)CCCCCCC)OC(=O)CCCCCCC/C=C\C/C=C\CCC. The van der Waals surface area contributed by atoms with Gasteiger partial charge in [0.2, 0.25) is 0 Å². The van der Waals surface area contributed by atoms with E-state index in [4.69, 9.17) is 14.2 Å². The number of hydrogen-bond acceptors (Lipinski definition) is 6. The maximum atomic E-state index is 12.7. The van der Waals surface area contributed by atoms with E-state index in [9.17, 15) is 14.4 Å². The molecular weight excluding hydrogens is 757 g/mol. The van der Waals surface area contributed by atoms with Gasteiger partial charge < -0.3 is 14.2 Å². The Morgan fingerprint density at radius 3 is 1.08 bits per heavy atom. The Balaban J connectivity index is 4.26. The zero-order valence-electron chi connectivity index (χ0n) is 39.1. The van der Waals surface area contributed by atoms with Gasteiger partial charge in [-0.25, -0.2) is 0 Å². The van der Waals surface area contributed by atoms with E-state index in [0.717, 1.165) is 154 Å². The second-order valence-corrected chi connectivity index (χ2v) is 15.6. The lowest BCUT2D eigenvalue weighted by Crippen LogP contribution is -2.30. The van der Waals surface area contributed by atoms with Crippen molar-refractivity contribution in [2.24, 2.45) is 0 Å². The minimum Gasteiger partial charge on any atom is -0.462 e. The van der Waals surface area contributed by atoms with Crippen LogP contribution in [0.3, 0.4) is 0 Å². The fraction of sp³-hybridized carbons (Fsp3) is 0.618. The largest absolute Gasteiger partial charge is 0.462 e. The highest BCUT2D eigenvalue weighted by Crippen LogP contribution is 2.12. The van der Waals surface area contributed by atoms with Crippen molar-refractivity contribution >= 4 is 17.9 Å². The Bertz CT molecular complexity index is 1290. The summed E-state index contributed by atoms with van der Waals surface area (Å²) in [6, 6.07) is 0. The third-order valence-electron chi connectivity index (χ3n) is 9.74.